The van der Waals surface area contributed by atoms with Crippen LogP contribution in [0.15, 0.2) is 217 Å². The molecule has 0 amide bonds. The molecule has 0 saturated carbocycles. The molecule has 0 unspecified atom stereocenters. The first-order chi connectivity index (χ1) is 32.5. The Morgan fingerprint density at radius 3 is 1.65 bits per heavy atom. The molecule has 0 saturated heterocycles. The van der Waals surface area contributed by atoms with Gasteiger partial charge in [-0.15, -0.1) is 11.3 Å². The van der Waals surface area contributed by atoms with Crippen LogP contribution in [0.1, 0.15) is 25.0 Å². The van der Waals surface area contributed by atoms with Crippen molar-refractivity contribution in [3.63, 3.8) is 0 Å². The zero-order valence-corrected chi connectivity index (χ0v) is 37.3. The molecular weight excluding hydrogens is 819 g/mol. The average Bonchev–Trinajstić information content (AvgIpc) is 4.02. The summed E-state index contributed by atoms with van der Waals surface area (Å²) in [5, 5.41) is 17.0. The molecule has 0 N–H and O–H groups in total. The molecule has 310 valence electrons. The van der Waals surface area contributed by atoms with E-state index in [0.29, 0.717) is 0 Å². The maximum atomic E-state index is 6.88. The van der Waals surface area contributed by atoms with Crippen molar-refractivity contribution in [2.75, 3.05) is 4.90 Å². The first-order valence-corrected chi connectivity index (χ1v) is 23.6. The van der Waals surface area contributed by atoms with Crippen LogP contribution in [0.3, 0.4) is 0 Å². The van der Waals surface area contributed by atoms with E-state index in [-0.39, 0.29) is 5.41 Å². The molecule has 0 atom stereocenters. The monoisotopic (exact) mass is 859 g/mol. The number of hydrogen-bond acceptors (Lipinski definition) is 3. The van der Waals surface area contributed by atoms with Crippen LogP contribution in [0.5, 0.6) is 0 Å². The van der Waals surface area contributed by atoms with Crippen molar-refractivity contribution in [1.29, 1.82) is 0 Å². The number of anilines is 3. The van der Waals surface area contributed by atoms with Crippen LogP contribution in [-0.4, -0.2) is 0 Å². The maximum Gasteiger partial charge on any atom is 0.159 e. The van der Waals surface area contributed by atoms with Crippen LogP contribution >= 0.6 is 11.3 Å². The van der Waals surface area contributed by atoms with E-state index in [2.05, 4.69) is 231 Å². The maximum absolute atomic E-state index is 6.88. The first-order valence-electron chi connectivity index (χ1n) is 22.8. The van der Waals surface area contributed by atoms with Crippen LogP contribution < -0.4 is 4.90 Å². The summed E-state index contributed by atoms with van der Waals surface area (Å²) in [7, 11) is 0. The highest BCUT2D eigenvalue weighted by Gasteiger charge is 2.36. The summed E-state index contributed by atoms with van der Waals surface area (Å²) in [6.45, 7) is 4.73. The molecule has 3 heteroatoms. The number of para-hydroxylation sites is 2. The van der Waals surface area contributed by atoms with Crippen molar-refractivity contribution in [3.05, 3.63) is 223 Å². The third-order valence-corrected chi connectivity index (χ3v) is 15.7. The van der Waals surface area contributed by atoms with Gasteiger partial charge in [-0.1, -0.05) is 184 Å². The van der Waals surface area contributed by atoms with Crippen molar-refractivity contribution in [3.8, 4) is 11.1 Å². The Kier molecular flexibility index (Phi) is 7.94. The van der Waals surface area contributed by atoms with Crippen molar-refractivity contribution >= 4 is 124 Å². The Morgan fingerprint density at radius 2 is 0.894 bits per heavy atom. The van der Waals surface area contributed by atoms with Gasteiger partial charge in [0.2, 0.25) is 0 Å². The molecule has 11 aromatic carbocycles. The molecule has 2 heterocycles. The van der Waals surface area contributed by atoms with Gasteiger partial charge in [0.05, 0.1) is 5.69 Å². The summed E-state index contributed by atoms with van der Waals surface area (Å²) in [5.41, 5.74) is 10.0. The largest absolute Gasteiger partial charge is 0.454 e. The predicted molar refractivity (Wildman–Crippen MR) is 284 cm³/mol. The van der Waals surface area contributed by atoms with Crippen LogP contribution in [0.4, 0.5) is 17.1 Å². The normalized spacial score (nSPS) is 13.1. The molecule has 0 fully saturated rings. The second kappa shape index (κ2) is 14.0. The van der Waals surface area contributed by atoms with Crippen LogP contribution in [0.25, 0.3) is 107 Å². The number of hydrogen-bond donors (Lipinski definition) is 0. The van der Waals surface area contributed by atoms with Gasteiger partial charge >= 0.3 is 0 Å². The molecule has 0 radical (unpaired) electrons. The summed E-state index contributed by atoms with van der Waals surface area (Å²) >= 11 is 1.90. The number of rotatable bonds is 3. The predicted octanol–water partition coefficient (Wildman–Crippen LogP) is 18.6. The summed E-state index contributed by atoms with van der Waals surface area (Å²) in [6, 6.07) is 78.7. The zero-order valence-electron chi connectivity index (χ0n) is 36.5. The minimum Gasteiger partial charge on any atom is -0.454 e. The van der Waals surface area contributed by atoms with Gasteiger partial charge < -0.3 is 9.32 Å². The fraction of sp³-hybridized carbons (Fsp3) is 0.0476. The Bertz CT molecular complexity index is 4280. The molecule has 66 heavy (non-hydrogen) atoms. The fourth-order valence-electron chi connectivity index (χ4n) is 11.4. The molecular formula is C63H41NOS. The van der Waals surface area contributed by atoms with E-state index in [0.717, 1.165) is 39.0 Å². The van der Waals surface area contributed by atoms with Crippen LogP contribution in [0, 0.1) is 0 Å². The Balaban J connectivity index is 1.17. The van der Waals surface area contributed by atoms with Gasteiger partial charge in [0.25, 0.3) is 0 Å². The highest BCUT2D eigenvalue weighted by molar-refractivity contribution is 7.26. The molecule has 13 aromatic rings. The lowest BCUT2D eigenvalue weighted by molar-refractivity contribution is 0.660. The van der Waals surface area contributed by atoms with E-state index in [1.165, 1.54) is 96.3 Å². The zero-order chi connectivity index (χ0) is 43.7. The van der Waals surface area contributed by atoms with Crippen molar-refractivity contribution in [2.24, 2.45) is 0 Å². The molecule has 0 aliphatic heterocycles. The van der Waals surface area contributed by atoms with E-state index >= 15 is 0 Å². The van der Waals surface area contributed by atoms with Crippen LogP contribution in [-0.2, 0) is 5.41 Å². The van der Waals surface area contributed by atoms with Gasteiger partial charge in [-0.25, -0.2) is 0 Å². The Labute approximate surface area is 385 Å². The standard InChI is InChI=1S/C63H41NOS/c1-63(2)55-26-12-9-21-46(55)47-33-31-39(37-56(47)63)64(57-27-15-25-52-48-22-10-13-28-58(48)65-61(52)57)38-30-32-45-43-19-6-4-17-41(43)40-16-3-5-18-42(40)44-20-7-8-24-50(44)60-51(54(45)36-38)34-35-53-49-23-11-14-29-59(49)66-62(53)60/h3-37H,1-2H3. The lowest BCUT2D eigenvalue weighted by Gasteiger charge is -2.28. The third-order valence-electron chi connectivity index (χ3n) is 14.5. The SMILES string of the molecule is CC1(C)c2ccccc2-c2ccc(N(c3ccc4c5ccccc5c5ccccc5c5ccccc5c5c(ccc6c7ccccc7sc65)c4c3)c3cccc4c3oc3ccccc34)cc21. The lowest BCUT2D eigenvalue weighted by atomic mass is 9.82. The second-order valence-electron chi connectivity index (χ2n) is 18.3. The Hall–Kier alpha value is -7.98. The van der Waals surface area contributed by atoms with Gasteiger partial charge in [0.15, 0.2) is 5.58 Å². The van der Waals surface area contributed by atoms with Crippen LogP contribution in [0.2, 0.25) is 0 Å². The lowest BCUT2D eigenvalue weighted by Crippen LogP contribution is -2.16. The van der Waals surface area contributed by atoms with Crippen molar-refractivity contribution in [2.45, 2.75) is 19.3 Å². The number of thiophene rings is 1. The topological polar surface area (TPSA) is 16.4 Å². The number of furan rings is 1. The van der Waals surface area contributed by atoms with E-state index < -0.39 is 0 Å². The van der Waals surface area contributed by atoms with Gasteiger partial charge in [-0.3, -0.25) is 0 Å². The number of fused-ring (bicyclic) bond motifs is 20. The highest BCUT2D eigenvalue weighted by atomic mass is 32.1. The summed E-state index contributed by atoms with van der Waals surface area (Å²) < 4.78 is 9.48. The molecule has 1 aliphatic rings. The molecule has 14 rings (SSSR count). The minimum absolute atomic E-state index is 0.177. The molecule has 2 aromatic heterocycles. The van der Waals surface area contributed by atoms with E-state index in [9.17, 15) is 0 Å². The van der Waals surface area contributed by atoms with Gasteiger partial charge in [-0.2, -0.15) is 0 Å². The molecule has 0 spiro atoms. The summed E-state index contributed by atoms with van der Waals surface area (Å²) in [4.78, 5) is 2.44. The van der Waals surface area contributed by atoms with E-state index in [1.54, 1.807) is 0 Å². The van der Waals surface area contributed by atoms with E-state index in [4.69, 9.17) is 4.42 Å². The summed E-state index contributed by atoms with van der Waals surface area (Å²) in [6.07, 6.45) is 0. The molecule has 2 nitrogen and oxygen atoms in total. The van der Waals surface area contributed by atoms with Gasteiger partial charge in [0.1, 0.15) is 5.58 Å². The van der Waals surface area contributed by atoms with Gasteiger partial charge in [-0.05, 0) is 113 Å². The number of nitrogens with zero attached hydrogens (tertiary/aromatic N) is 1. The molecule has 0 bridgehead atoms. The second-order valence-corrected chi connectivity index (χ2v) is 19.4. The average molecular weight is 860 g/mol. The first kappa shape index (κ1) is 37.4. The minimum atomic E-state index is -0.177. The third kappa shape index (κ3) is 5.29. The molecule has 1 aliphatic carbocycles. The van der Waals surface area contributed by atoms with E-state index in [1.807, 2.05) is 11.3 Å². The van der Waals surface area contributed by atoms with Crippen molar-refractivity contribution in [1.82, 2.24) is 0 Å². The summed E-state index contributed by atoms with van der Waals surface area (Å²) in [5.74, 6) is 0. The Morgan fingerprint density at radius 1 is 0.379 bits per heavy atom. The fourth-order valence-corrected chi connectivity index (χ4v) is 12.7. The number of benzene rings is 10. The van der Waals surface area contributed by atoms with Crippen molar-refractivity contribution < 1.29 is 4.42 Å². The quantitative estimate of drug-likeness (QED) is 0.176. The highest BCUT2D eigenvalue weighted by Crippen LogP contribution is 2.52. The van der Waals surface area contributed by atoms with Gasteiger partial charge in [0, 0.05) is 53.1 Å². The smallest absolute Gasteiger partial charge is 0.159 e.